The van der Waals surface area contributed by atoms with Gasteiger partial charge in [-0.2, -0.15) is 0 Å². The number of aryl methyl sites for hydroxylation is 1. The van der Waals surface area contributed by atoms with Gasteiger partial charge in [-0.05, 0) is 71.9 Å². The second kappa shape index (κ2) is 4.54. The van der Waals surface area contributed by atoms with Crippen LogP contribution in [-0.2, 0) is 6.42 Å². The topological polar surface area (TPSA) is 32.3 Å². The molecule has 15 heavy (non-hydrogen) atoms. The largest absolute Gasteiger partial charge is 0.507 e. The van der Waals surface area contributed by atoms with E-state index in [1.165, 1.54) is 12.0 Å². The molecule has 1 aromatic carbocycles. The molecule has 2 rings (SSSR count). The number of hydrogen-bond acceptors (Lipinski definition) is 2. The quantitative estimate of drug-likeness (QED) is 0.865. The second-order valence-electron chi connectivity index (χ2n) is 4.31. The molecule has 0 spiro atoms. The van der Waals surface area contributed by atoms with Crippen molar-refractivity contribution in [3.8, 4) is 5.75 Å². The average Bonchev–Trinajstić information content (AvgIpc) is 2.66. The van der Waals surface area contributed by atoms with E-state index < -0.39 is 0 Å². The number of aromatic hydroxyl groups is 1. The molecule has 0 saturated carbocycles. The third kappa shape index (κ3) is 2.52. The zero-order valence-corrected chi connectivity index (χ0v) is 10.5. The summed E-state index contributed by atoms with van der Waals surface area (Å²) in [5, 5.41) is 13.1. The van der Waals surface area contributed by atoms with Gasteiger partial charge in [0.2, 0.25) is 0 Å². The molecule has 1 heterocycles. The first-order valence-electron chi connectivity index (χ1n) is 5.35. The van der Waals surface area contributed by atoms with E-state index in [4.69, 9.17) is 0 Å². The fourth-order valence-corrected chi connectivity index (χ4v) is 2.39. The number of phenolic OH excluding ortho intramolecular Hbond substituents is 1. The van der Waals surface area contributed by atoms with E-state index in [0.717, 1.165) is 35.5 Å². The Morgan fingerprint density at radius 3 is 2.93 bits per heavy atom. The molecule has 0 amide bonds. The first-order valence-corrected chi connectivity index (χ1v) is 6.15. The van der Waals surface area contributed by atoms with E-state index >= 15 is 0 Å². The Labute approximate surface area is 98.8 Å². The molecule has 0 radical (unpaired) electrons. The van der Waals surface area contributed by atoms with Crippen LogP contribution in [-0.4, -0.2) is 18.2 Å². The number of nitrogens with one attached hydrogen (secondary N) is 1. The number of halogens is 1. The van der Waals surface area contributed by atoms with Crippen molar-refractivity contribution in [2.45, 2.75) is 19.8 Å². The molecule has 1 unspecified atom stereocenters. The van der Waals surface area contributed by atoms with E-state index in [9.17, 15) is 5.11 Å². The van der Waals surface area contributed by atoms with Crippen LogP contribution >= 0.6 is 15.9 Å². The Balaban J connectivity index is 2.14. The Morgan fingerprint density at radius 2 is 2.33 bits per heavy atom. The van der Waals surface area contributed by atoms with Crippen molar-refractivity contribution in [3.63, 3.8) is 0 Å². The molecule has 1 saturated heterocycles. The number of benzene rings is 1. The Hall–Kier alpha value is -0.540. The molecule has 0 bridgehead atoms. The van der Waals surface area contributed by atoms with Gasteiger partial charge in [0, 0.05) is 0 Å². The van der Waals surface area contributed by atoms with Gasteiger partial charge in [-0.25, -0.2) is 0 Å². The standard InChI is InChI=1S/C12H16BrNO/c1-8-4-10(6-11(15)12(8)13)5-9-2-3-14-7-9/h4,6,9,14-15H,2-3,5,7H2,1H3. The molecule has 1 aliphatic rings. The monoisotopic (exact) mass is 269 g/mol. The molecular weight excluding hydrogens is 254 g/mol. The Kier molecular flexibility index (Phi) is 3.32. The van der Waals surface area contributed by atoms with Crippen LogP contribution in [0.4, 0.5) is 0 Å². The fourth-order valence-electron chi connectivity index (χ4n) is 2.16. The minimum Gasteiger partial charge on any atom is -0.507 e. The maximum absolute atomic E-state index is 9.69. The predicted octanol–water partition coefficient (Wildman–Crippen LogP) is 2.62. The normalized spacial score (nSPS) is 20.8. The molecule has 1 aliphatic heterocycles. The number of hydrogen-bond donors (Lipinski definition) is 2. The van der Waals surface area contributed by atoms with Crippen LogP contribution < -0.4 is 5.32 Å². The van der Waals surface area contributed by atoms with Gasteiger partial charge in [-0.1, -0.05) is 6.07 Å². The van der Waals surface area contributed by atoms with Gasteiger partial charge < -0.3 is 10.4 Å². The van der Waals surface area contributed by atoms with Crippen molar-refractivity contribution in [3.05, 3.63) is 27.7 Å². The first kappa shape index (κ1) is 11.0. The highest BCUT2D eigenvalue weighted by atomic mass is 79.9. The lowest BCUT2D eigenvalue weighted by atomic mass is 9.97. The van der Waals surface area contributed by atoms with Gasteiger partial charge in [0.05, 0.1) is 4.47 Å². The SMILES string of the molecule is Cc1cc(CC2CCNC2)cc(O)c1Br. The van der Waals surface area contributed by atoms with Crippen LogP contribution in [0.25, 0.3) is 0 Å². The summed E-state index contributed by atoms with van der Waals surface area (Å²) >= 11 is 3.36. The van der Waals surface area contributed by atoms with Crippen LogP contribution in [0.2, 0.25) is 0 Å². The summed E-state index contributed by atoms with van der Waals surface area (Å²) < 4.78 is 0.816. The van der Waals surface area contributed by atoms with Crippen molar-refractivity contribution >= 4 is 15.9 Å². The molecule has 1 atom stereocenters. The molecule has 0 aromatic heterocycles. The summed E-state index contributed by atoms with van der Waals surface area (Å²) in [4.78, 5) is 0. The summed E-state index contributed by atoms with van der Waals surface area (Å²) in [6.45, 7) is 4.25. The number of phenols is 1. The second-order valence-corrected chi connectivity index (χ2v) is 5.10. The predicted molar refractivity (Wildman–Crippen MR) is 65.2 cm³/mol. The number of rotatable bonds is 2. The van der Waals surface area contributed by atoms with E-state index in [-0.39, 0.29) is 0 Å². The molecule has 82 valence electrons. The van der Waals surface area contributed by atoms with Crippen LogP contribution in [0.15, 0.2) is 16.6 Å². The third-order valence-corrected chi connectivity index (χ3v) is 4.01. The van der Waals surface area contributed by atoms with Crippen molar-refractivity contribution < 1.29 is 5.11 Å². The van der Waals surface area contributed by atoms with Gasteiger partial charge >= 0.3 is 0 Å². The molecule has 0 aliphatic carbocycles. The highest BCUT2D eigenvalue weighted by molar-refractivity contribution is 9.10. The van der Waals surface area contributed by atoms with Crippen LogP contribution in [0, 0.1) is 12.8 Å². The van der Waals surface area contributed by atoms with Crippen LogP contribution in [0.5, 0.6) is 5.75 Å². The lowest BCUT2D eigenvalue weighted by Crippen LogP contribution is -2.10. The summed E-state index contributed by atoms with van der Waals surface area (Å²) in [5.41, 5.74) is 2.35. The summed E-state index contributed by atoms with van der Waals surface area (Å²) in [6.07, 6.45) is 2.31. The van der Waals surface area contributed by atoms with Gasteiger partial charge in [-0.15, -0.1) is 0 Å². The lowest BCUT2D eigenvalue weighted by Gasteiger charge is -2.10. The van der Waals surface area contributed by atoms with Crippen molar-refractivity contribution in [1.29, 1.82) is 0 Å². The van der Waals surface area contributed by atoms with Gasteiger partial charge in [0.15, 0.2) is 0 Å². The molecule has 1 aromatic rings. The molecule has 1 fully saturated rings. The van der Waals surface area contributed by atoms with E-state index in [2.05, 4.69) is 27.3 Å². The summed E-state index contributed by atoms with van der Waals surface area (Å²) in [7, 11) is 0. The third-order valence-electron chi connectivity index (χ3n) is 2.98. The minimum absolute atomic E-state index is 0.357. The van der Waals surface area contributed by atoms with Gasteiger partial charge in [0.1, 0.15) is 5.75 Å². The average molecular weight is 270 g/mol. The van der Waals surface area contributed by atoms with Crippen molar-refractivity contribution in [2.75, 3.05) is 13.1 Å². The van der Waals surface area contributed by atoms with Crippen LogP contribution in [0.3, 0.4) is 0 Å². The zero-order valence-electron chi connectivity index (χ0n) is 8.89. The summed E-state index contributed by atoms with van der Waals surface area (Å²) in [6, 6.07) is 4.03. The fraction of sp³-hybridized carbons (Fsp3) is 0.500. The zero-order chi connectivity index (χ0) is 10.8. The Bertz CT molecular complexity index is 336. The minimum atomic E-state index is 0.357. The smallest absolute Gasteiger partial charge is 0.130 e. The molecule has 2 nitrogen and oxygen atoms in total. The van der Waals surface area contributed by atoms with Gasteiger partial charge in [-0.3, -0.25) is 0 Å². The molecule has 3 heteroatoms. The van der Waals surface area contributed by atoms with Gasteiger partial charge in [0.25, 0.3) is 0 Å². The maximum atomic E-state index is 9.69. The van der Waals surface area contributed by atoms with Crippen molar-refractivity contribution in [1.82, 2.24) is 5.32 Å². The van der Waals surface area contributed by atoms with E-state index in [0.29, 0.717) is 5.75 Å². The van der Waals surface area contributed by atoms with Crippen molar-refractivity contribution in [2.24, 2.45) is 5.92 Å². The lowest BCUT2D eigenvalue weighted by molar-refractivity contribution is 0.469. The highest BCUT2D eigenvalue weighted by Gasteiger charge is 2.15. The highest BCUT2D eigenvalue weighted by Crippen LogP contribution is 2.30. The van der Waals surface area contributed by atoms with Crippen LogP contribution in [0.1, 0.15) is 17.5 Å². The summed E-state index contributed by atoms with van der Waals surface area (Å²) in [5.74, 6) is 1.08. The van der Waals surface area contributed by atoms with E-state index in [1.54, 1.807) is 0 Å². The molecule has 2 N–H and O–H groups in total. The maximum Gasteiger partial charge on any atom is 0.130 e. The van der Waals surface area contributed by atoms with E-state index in [1.807, 2.05) is 13.0 Å². The first-order chi connectivity index (χ1) is 7.16. The Morgan fingerprint density at radius 1 is 1.53 bits per heavy atom. The molecular formula is C12H16BrNO.